The lowest BCUT2D eigenvalue weighted by Gasteiger charge is -2.11. The largest absolute Gasteiger partial charge is 0.317 e. The summed E-state index contributed by atoms with van der Waals surface area (Å²) in [6, 6.07) is 17.6. The zero-order valence-electron chi connectivity index (χ0n) is 20.6. The summed E-state index contributed by atoms with van der Waals surface area (Å²) >= 11 is 0. The SMILES string of the molecule is CC(=O)c1c(-c2cc(C)c3cc(C(C)C)ccc(C)c2-3)c(C)n(-c2cccc(C)c2)c1C. The number of aromatic nitrogens is 1. The molecule has 1 aromatic carbocycles. The molecule has 0 N–H and O–H groups in total. The van der Waals surface area contributed by atoms with Gasteiger partial charge in [0.25, 0.3) is 0 Å². The highest BCUT2D eigenvalue weighted by Crippen LogP contribution is 2.45. The Morgan fingerprint density at radius 3 is 2.12 bits per heavy atom. The van der Waals surface area contributed by atoms with Crippen LogP contribution < -0.4 is 0 Å². The average molecular weight is 424 g/mol. The van der Waals surface area contributed by atoms with Crippen molar-refractivity contribution >= 4 is 5.78 Å². The van der Waals surface area contributed by atoms with Gasteiger partial charge in [0.05, 0.1) is 0 Å². The third kappa shape index (κ3) is 3.48. The van der Waals surface area contributed by atoms with Crippen LogP contribution in [0, 0.1) is 34.6 Å². The molecule has 0 amide bonds. The van der Waals surface area contributed by atoms with Crippen molar-refractivity contribution in [2.24, 2.45) is 0 Å². The van der Waals surface area contributed by atoms with Gasteiger partial charge >= 0.3 is 0 Å². The number of aryl methyl sites for hydroxylation is 3. The van der Waals surface area contributed by atoms with Crippen molar-refractivity contribution in [2.75, 3.05) is 0 Å². The molecule has 1 heterocycles. The van der Waals surface area contributed by atoms with Gasteiger partial charge in [-0.15, -0.1) is 0 Å². The molecule has 2 aromatic rings. The number of fused-ring (bicyclic) bond motifs is 1. The average Bonchev–Trinajstić information content (AvgIpc) is 3.09. The first kappa shape index (κ1) is 22.1. The Kier molecular flexibility index (Phi) is 5.58. The Morgan fingerprint density at radius 1 is 0.781 bits per heavy atom. The minimum atomic E-state index is 0.111. The third-order valence-electron chi connectivity index (χ3n) is 6.75. The zero-order valence-corrected chi connectivity index (χ0v) is 20.6. The highest BCUT2D eigenvalue weighted by molar-refractivity contribution is 6.06. The summed E-state index contributed by atoms with van der Waals surface area (Å²) in [5.41, 5.74) is 13.8. The second kappa shape index (κ2) is 8.09. The van der Waals surface area contributed by atoms with Crippen LogP contribution in [0.2, 0.25) is 0 Å². The summed E-state index contributed by atoms with van der Waals surface area (Å²) in [4.78, 5) is 12.9. The number of carbonyl (C=O) groups is 1. The first-order valence-corrected chi connectivity index (χ1v) is 11.5. The van der Waals surface area contributed by atoms with Crippen LogP contribution in [0.3, 0.4) is 0 Å². The molecule has 32 heavy (non-hydrogen) atoms. The van der Waals surface area contributed by atoms with E-state index in [1.54, 1.807) is 6.92 Å². The molecule has 0 aliphatic heterocycles. The third-order valence-corrected chi connectivity index (χ3v) is 6.75. The number of benzene rings is 1. The van der Waals surface area contributed by atoms with Crippen LogP contribution in [0.15, 0.2) is 48.5 Å². The summed E-state index contributed by atoms with van der Waals surface area (Å²) in [6.07, 6.45) is 0. The summed E-state index contributed by atoms with van der Waals surface area (Å²) in [7, 11) is 0. The smallest absolute Gasteiger partial charge is 0.162 e. The van der Waals surface area contributed by atoms with Crippen molar-refractivity contribution in [2.45, 2.75) is 61.3 Å². The van der Waals surface area contributed by atoms with E-state index in [1.165, 1.54) is 33.4 Å². The first-order valence-electron chi connectivity index (χ1n) is 11.5. The van der Waals surface area contributed by atoms with Crippen LogP contribution in [0.4, 0.5) is 0 Å². The Bertz CT molecular complexity index is 1320. The highest BCUT2D eigenvalue weighted by atomic mass is 16.1. The van der Waals surface area contributed by atoms with E-state index in [4.69, 9.17) is 0 Å². The van der Waals surface area contributed by atoms with Gasteiger partial charge in [-0.1, -0.05) is 50.2 Å². The lowest BCUT2D eigenvalue weighted by atomic mass is 9.94. The molecular formula is C30H33NO. The number of hydrogen-bond acceptors (Lipinski definition) is 1. The minimum absolute atomic E-state index is 0.111. The van der Waals surface area contributed by atoms with Crippen molar-refractivity contribution in [1.29, 1.82) is 0 Å². The van der Waals surface area contributed by atoms with Gasteiger partial charge in [0, 0.05) is 28.2 Å². The van der Waals surface area contributed by atoms with E-state index in [0.29, 0.717) is 5.92 Å². The van der Waals surface area contributed by atoms with Crippen molar-refractivity contribution in [1.82, 2.24) is 4.57 Å². The zero-order chi connectivity index (χ0) is 23.3. The van der Waals surface area contributed by atoms with Crippen molar-refractivity contribution in [3.8, 4) is 27.9 Å². The fourth-order valence-electron chi connectivity index (χ4n) is 5.15. The number of rotatable bonds is 4. The Balaban J connectivity index is 2.08. The molecule has 0 atom stereocenters. The van der Waals surface area contributed by atoms with Crippen molar-refractivity contribution in [3.63, 3.8) is 0 Å². The highest BCUT2D eigenvalue weighted by Gasteiger charge is 2.27. The summed E-state index contributed by atoms with van der Waals surface area (Å²) in [5, 5.41) is 0. The molecule has 2 aliphatic carbocycles. The lowest BCUT2D eigenvalue weighted by molar-refractivity contribution is 0.101. The normalized spacial score (nSPS) is 11.5. The van der Waals surface area contributed by atoms with E-state index < -0.39 is 0 Å². The maximum absolute atomic E-state index is 12.9. The van der Waals surface area contributed by atoms with Gasteiger partial charge in [0.1, 0.15) is 0 Å². The molecule has 0 bridgehead atoms. The van der Waals surface area contributed by atoms with Gasteiger partial charge in [0.2, 0.25) is 0 Å². The molecule has 0 saturated heterocycles. The molecule has 0 radical (unpaired) electrons. The first-order chi connectivity index (χ1) is 15.1. The van der Waals surface area contributed by atoms with E-state index in [9.17, 15) is 4.79 Å². The molecule has 2 heteroatoms. The molecule has 0 fully saturated rings. The fraction of sp³-hybridized carbons (Fsp3) is 0.300. The Hall–Kier alpha value is -3.13. The van der Waals surface area contributed by atoms with E-state index in [2.05, 4.69) is 102 Å². The van der Waals surface area contributed by atoms with Gasteiger partial charge in [-0.2, -0.15) is 0 Å². The molecule has 0 unspecified atom stereocenters. The van der Waals surface area contributed by atoms with Crippen LogP contribution >= 0.6 is 0 Å². The van der Waals surface area contributed by atoms with E-state index in [0.717, 1.165) is 33.8 Å². The van der Waals surface area contributed by atoms with Crippen LogP contribution in [0.25, 0.3) is 27.9 Å². The second-order valence-corrected chi connectivity index (χ2v) is 9.50. The maximum Gasteiger partial charge on any atom is 0.162 e. The summed E-state index contributed by atoms with van der Waals surface area (Å²) < 4.78 is 2.24. The number of nitrogens with zero attached hydrogens (tertiary/aromatic N) is 1. The number of hydrogen-bond donors (Lipinski definition) is 0. The molecule has 164 valence electrons. The maximum atomic E-state index is 12.9. The molecule has 2 aliphatic rings. The van der Waals surface area contributed by atoms with Crippen molar-refractivity contribution < 1.29 is 4.79 Å². The lowest BCUT2D eigenvalue weighted by Crippen LogP contribution is -2.01. The van der Waals surface area contributed by atoms with Crippen LogP contribution in [0.5, 0.6) is 0 Å². The summed E-state index contributed by atoms with van der Waals surface area (Å²) in [5.74, 6) is 0.571. The molecular weight excluding hydrogens is 390 g/mol. The Labute approximate surface area is 192 Å². The predicted octanol–water partition coefficient (Wildman–Crippen LogP) is 8.12. The minimum Gasteiger partial charge on any atom is -0.317 e. The molecule has 4 rings (SSSR count). The van der Waals surface area contributed by atoms with Crippen LogP contribution in [0.1, 0.15) is 70.7 Å². The van der Waals surface area contributed by atoms with Gasteiger partial charge in [-0.3, -0.25) is 4.79 Å². The van der Waals surface area contributed by atoms with E-state index >= 15 is 0 Å². The quantitative estimate of drug-likeness (QED) is 0.304. The van der Waals surface area contributed by atoms with Gasteiger partial charge in [-0.25, -0.2) is 0 Å². The second-order valence-electron chi connectivity index (χ2n) is 9.50. The molecule has 0 spiro atoms. The van der Waals surface area contributed by atoms with Gasteiger partial charge in [-0.05, 0) is 98.5 Å². The number of ketones is 1. The topological polar surface area (TPSA) is 22.0 Å². The molecule has 1 aromatic heterocycles. The van der Waals surface area contributed by atoms with E-state index in [-0.39, 0.29) is 5.78 Å². The van der Waals surface area contributed by atoms with Gasteiger partial charge in [0.15, 0.2) is 5.78 Å². The van der Waals surface area contributed by atoms with Crippen LogP contribution in [-0.4, -0.2) is 10.4 Å². The van der Waals surface area contributed by atoms with Crippen LogP contribution in [-0.2, 0) is 0 Å². The number of carbonyl (C=O) groups excluding carboxylic acids is 1. The predicted molar refractivity (Wildman–Crippen MR) is 136 cm³/mol. The fourth-order valence-corrected chi connectivity index (χ4v) is 5.15. The standard InChI is InChI=1S/C30H33NO/c1-17(2)24-13-12-19(4)28-26(16-24)20(5)15-27(28)30-22(7)31(21(6)29(30)23(8)32)25-11-9-10-18(3)14-25/h9-17H,1-8H3. The monoisotopic (exact) mass is 423 g/mol. The molecule has 2 nitrogen and oxygen atoms in total. The van der Waals surface area contributed by atoms with Gasteiger partial charge < -0.3 is 4.57 Å². The Morgan fingerprint density at radius 2 is 1.50 bits per heavy atom. The number of Topliss-reactive ketones (excluding diaryl/α,β-unsaturated/α-hetero) is 1. The molecule has 0 saturated carbocycles. The summed E-state index contributed by atoms with van der Waals surface area (Å²) in [6.45, 7) is 16.8. The van der Waals surface area contributed by atoms with E-state index in [1.807, 2.05) is 0 Å². The van der Waals surface area contributed by atoms with Crippen molar-refractivity contribution in [3.05, 3.63) is 87.7 Å².